The number of carbonyl (C=O) groups is 3. The zero-order chi connectivity index (χ0) is 21.6. The molecular weight excluding hydrogens is 400 g/mol. The maximum atomic E-state index is 13.3. The van der Waals surface area contributed by atoms with Crippen LogP contribution >= 0.6 is 11.6 Å². The molecule has 1 aliphatic carbocycles. The predicted octanol–water partition coefficient (Wildman–Crippen LogP) is 4.60. The standard InChI is InChI=1S/C24H23ClN2O3/c1-24(2)12-19-22(20(28)13-24)17(16-5-3-4-6-18(16)25)11-21(29)27(19)15-9-7-14(8-10-15)23(26)30/h3-10,17H,11-13H2,1-2H3,(H2,26,30). The van der Waals surface area contributed by atoms with Gasteiger partial charge >= 0.3 is 0 Å². The Morgan fingerprint density at radius 2 is 1.73 bits per heavy atom. The highest BCUT2D eigenvalue weighted by Gasteiger charge is 2.44. The lowest BCUT2D eigenvalue weighted by Gasteiger charge is -2.43. The molecule has 2 N–H and O–H groups in total. The summed E-state index contributed by atoms with van der Waals surface area (Å²) in [6.45, 7) is 4.07. The molecule has 1 heterocycles. The molecule has 6 heteroatoms. The molecule has 2 aromatic carbocycles. The van der Waals surface area contributed by atoms with Gasteiger partial charge in [-0.3, -0.25) is 19.3 Å². The Kier molecular flexibility index (Phi) is 5.02. The number of amides is 2. The van der Waals surface area contributed by atoms with E-state index < -0.39 is 5.91 Å². The smallest absolute Gasteiger partial charge is 0.248 e. The van der Waals surface area contributed by atoms with Crippen molar-refractivity contribution in [2.75, 3.05) is 4.90 Å². The highest BCUT2D eigenvalue weighted by molar-refractivity contribution is 6.31. The molecule has 1 atom stereocenters. The topological polar surface area (TPSA) is 80.5 Å². The summed E-state index contributed by atoms with van der Waals surface area (Å²) < 4.78 is 0. The van der Waals surface area contributed by atoms with Crippen LogP contribution in [0.15, 0.2) is 59.8 Å². The van der Waals surface area contributed by atoms with Crippen molar-refractivity contribution >= 4 is 34.9 Å². The molecule has 0 saturated heterocycles. The molecule has 0 saturated carbocycles. The number of allylic oxidation sites excluding steroid dienone is 2. The van der Waals surface area contributed by atoms with Gasteiger partial charge in [0, 0.05) is 46.3 Å². The maximum absolute atomic E-state index is 13.3. The van der Waals surface area contributed by atoms with Gasteiger partial charge in [0.1, 0.15) is 0 Å². The third-order valence-electron chi connectivity index (χ3n) is 5.83. The lowest BCUT2D eigenvalue weighted by atomic mass is 9.69. The van der Waals surface area contributed by atoms with E-state index in [-0.39, 0.29) is 29.4 Å². The Hall–Kier alpha value is -2.92. The van der Waals surface area contributed by atoms with E-state index >= 15 is 0 Å². The first kappa shape index (κ1) is 20.4. The van der Waals surface area contributed by atoms with Gasteiger partial charge in [0.05, 0.1) is 0 Å². The molecule has 5 nitrogen and oxygen atoms in total. The van der Waals surface area contributed by atoms with E-state index in [0.29, 0.717) is 34.7 Å². The molecule has 1 aliphatic heterocycles. The molecule has 0 bridgehead atoms. The van der Waals surface area contributed by atoms with E-state index in [1.54, 1.807) is 35.2 Å². The molecule has 4 rings (SSSR count). The molecule has 1 unspecified atom stereocenters. The number of carbonyl (C=O) groups excluding carboxylic acids is 3. The SMILES string of the molecule is CC1(C)CC(=O)C2=C(C1)N(c1ccc(C(N)=O)cc1)C(=O)CC2c1ccccc1Cl. The first-order valence-electron chi connectivity index (χ1n) is 9.91. The zero-order valence-electron chi connectivity index (χ0n) is 16.9. The number of halogens is 1. The number of hydrogen-bond acceptors (Lipinski definition) is 3. The molecule has 2 amide bonds. The van der Waals surface area contributed by atoms with Crippen LogP contribution in [0.4, 0.5) is 5.69 Å². The largest absolute Gasteiger partial charge is 0.366 e. The van der Waals surface area contributed by atoms with Crippen LogP contribution in [0.3, 0.4) is 0 Å². The number of rotatable bonds is 3. The van der Waals surface area contributed by atoms with Crippen LogP contribution in [0.1, 0.15) is 54.9 Å². The minimum absolute atomic E-state index is 0.0532. The maximum Gasteiger partial charge on any atom is 0.248 e. The van der Waals surface area contributed by atoms with Crippen LogP contribution in [-0.4, -0.2) is 17.6 Å². The third-order valence-corrected chi connectivity index (χ3v) is 6.18. The fourth-order valence-corrected chi connectivity index (χ4v) is 4.78. The average Bonchev–Trinajstić information content (AvgIpc) is 2.67. The molecule has 30 heavy (non-hydrogen) atoms. The molecule has 154 valence electrons. The number of Topliss-reactive ketones (excluding diaryl/α,β-unsaturated/α-hetero) is 1. The summed E-state index contributed by atoms with van der Waals surface area (Å²) in [5.41, 5.74) is 8.27. The summed E-state index contributed by atoms with van der Waals surface area (Å²) in [6, 6.07) is 14.0. The van der Waals surface area contributed by atoms with Crippen LogP contribution in [-0.2, 0) is 9.59 Å². The van der Waals surface area contributed by atoms with Crippen molar-refractivity contribution in [2.45, 2.75) is 39.0 Å². The van der Waals surface area contributed by atoms with Crippen molar-refractivity contribution in [1.82, 2.24) is 0 Å². The second-order valence-electron chi connectivity index (χ2n) is 8.72. The van der Waals surface area contributed by atoms with Crippen LogP contribution in [0.25, 0.3) is 0 Å². The predicted molar refractivity (Wildman–Crippen MR) is 116 cm³/mol. The number of ketones is 1. The van der Waals surface area contributed by atoms with E-state index in [1.807, 2.05) is 32.0 Å². The number of benzene rings is 2. The molecule has 2 aromatic rings. The first-order valence-corrected chi connectivity index (χ1v) is 10.3. The summed E-state index contributed by atoms with van der Waals surface area (Å²) in [6.07, 6.45) is 1.18. The van der Waals surface area contributed by atoms with Crippen molar-refractivity contribution < 1.29 is 14.4 Å². The second kappa shape index (κ2) is 7.40. The Morgan fingerprint density at radius 3 is 2.37 bits per heavy atom. The summed E-state index contributed by atoms with van der Waals surface area (Å²) in [5, 5.41) is 0.555. The summed E-state index contributed by atoms with van der Waals surface area (Å²) in [5.74, 6) is -0.932. The third kappa shape index (κ3) is 3.54. The van der Waals surface area contributed by atoms with Gasteiger partial charge in [-0.25, -0.2) is 0 Å². The minimum Gasteiger partial charge on any atom is -0.366 e. The van der Waals surface area contributed by atoms with Crippen LogP contribution < -0.4 is 10.6 Å². The van der Waals surface area contributed by atoms with Gasteiger partial charge in [0.25, 0.3) is 0 Å². The van der Waals surface area contributed by atoms with E-state index in [2.05, 4.69) is 0 Å². The molecule has 0 radical (unpaired) electrons. The van der Waals surface area contributed by atoms with E-state index in [4.69, 9.17) is 17.3 Å². The molecule has 0 aromatic heterocycles. The highest BCUT2D eigenvalue weighted by atomic mass is 35.5. The average molecular weight is 423 g/mol. The van der Waals surface area contributed by atoms with Crippen LogP contribution in [0.5, 0.6) is 0 Å². The van der Waals surface area contributed by atoms with Crippen molar-refractivity contribution in [3.05, 3.63) is 76.0 Å². The van der Waals surface area contributed by atoms with Gasteiger partial charge in [0.2, 0.25) is 11.8 Å². The molecule has 0 fully saturated rings. The number of nitrogens with zero attached hydrogens (tertiary/aromatic N) is 1. The summed E-state index contributed by atoms with van der Waals surface area (Å²) in [4.78, 5) is 39.6. The Morgan fingerprint density at radius 1 is 1.07 bits per heavy atom. The number of hydrogen-bond donors (Lipinski definition) is 1. The fraction of sp³-hybridized carbons (Fsp3) is 0.292. The second-order valence-corrected chi connectivity index (χ2v) is 9.13. The number of anilines is 1. The lowest BCUT2D eigenvalue weighted by Crippen LogP contribution is -2.43. The molecular formula is C24H23ClN2O3. The summed E-state index contributed by atoms with van der Waals surface area (Å²) >= 11 is 6.44. The number of nitrogens with two attached hydrogens (primary N) is 1. The summed E-state index contributed by atoms with van der Waals surface area (Å²) in [7, 11) is 0. The highest BCUT2D eigenvalue weighted by Crippen LogP contribution is 2.49. The van der Waals surface area contributed by atoms with Crippen LogP contribution in [0.2, 0.25) is 5.02 Å². The van der Waals surface area contributed by atoms with Crippen molar-refractivity contribution in [1.29, 1.82) is 0 Å². The normalized spacial score (nSPS) is 20.9. The number of primary amides is 1. The van der Waals surface area contributed by atoms with Crippen molar-refractivity contribution in [3.63, 3.8) is 0 Å². The quantitative estimate of drug-likeness (QED) is 0.784. The van der Waals surface area contributed by atoms with E-state index in [0.717, 1.165) is 11.3 Å². The van der Waals surface area contributed by atoms with Crippen molar-refractivity contribution in [3.8, 4) is 0 Å². The van der Waals surface area contributed by atoms with Gasteiger partial charge < -0.3 is 5.73 Å². The monoisotopic (exact) mass is 422 g/mol. The Balaban J connectivity index is 1.88. The fourth-order valence-electron chi connectivity index (χ4n) is 4.51. The molecule has 0 spiro atoms. The van der Waals surface area contributed by atoms with Gasteiger partial charge in [-0.15, -0.1) is 0 Å². The minimum atomic E-state index is -0.529. The van der Waals surface area contributed by atoms with Gasteiger partial charge in [-0.2, -0.15) is 0 Å². The van der Waals surface area contributed by atoms with Gasteiger partial charge in [-0.1, -0.05) is 43.6 Å². The van der Waals surface area contributed by atoms with E-state index in [9.17, 15) is 14.4 Å². The Labute approximate surface area is 180 Å². The zero-order valence-corrected chi connectivity index (χ0v) is 17.7. The van der Waals surface area contributed by atoms with Gasteiger partial charge in [-0.05, 0) is 47.7 Å². The van der Waals surface area contributed by atoms with Gasteiger partial charge in [0.15, 0.2) is 5.78 Å². The van der Waals surface area contributed by atoms with E-state index in [1.165, 1.54) is 0 Å². The lowest BCUT2D eigenvalue weighted by molar-refractivity contribution is -0.121. The molecule has 2 aliphatic rings. The first-order chi connectivity index (χ1) is 14.2. The Bertz CT molecular complexity index is 1090. The van der Waals surface area contributed by atoms with Crippen molar-refractivity contribution in [2.24, 2.45) is 11.1 Å². The van der Waals surface area contributed by atoms with Crippen LogP contribution in [0, 0.1) is 5.41 Å².